The molecule has 0 aromatic carbocycles. The Kier molecular flexibility index (Phi) is 2.51. The maximum atomic E-state index is 11.4. The Labute approximate surface area is 88.9 Å². The van der Waals surface area contributed by atoms with Crippen molar-refractivity contribution in [2.24, 2.45) is 0 Å². The summed E-state index contributed by atoms with van der Waals surface area (Å²) in [6, 6.07) is 1.69. The molecule has 0 aliphatic carbocycles. The summed E-state index contributed by atoms with van der Waals surface area (Å²) in [4.78, 5) is 18.0. The molecule has 6 heteroatoms. The Morgan fingerprint density at radius 2 is 2.50 bits per heavy atom. The molecule has 0 aliphatic heterocycles. The summed E-state index contributed by atoms with van der Waals surface area (Å²) in [6.07, 6.45) is 3.12. The maximum absolute atomic E-state index is 11.4. The van der Waals surface area contributed by atoms with E-state index in [1.807, 2.05) is 0 Å². The zero-order valence-corrected chi connectivity index (χ0v) is 8.52. The number of rotatable bonds is 2. The van der Waals surface area contributed by atoms with E-state index in [0.717, 1.165) is 0 Å². The molecule has 0 spiro atoms. The first kappa shape index (κ1) is 9.23. The quantitative estimate of drug-likeness (QED) is 0.828. The predicted octanol–water partition coefficient (Wildman–Crippen LogP) is 2.38. The molecule has 0 fully saturated rings. The molecule has 0 unspecified atom stereocenters. The van der Waals surface area contributed by atoms with Crippen molar-refractivity contribution in [2.45, 2.75) is 0 Å². The van der Waals surface area contributed by atoms with Gasteiger partial charge in [0.2, 0.25) is 0 Å². The number of nitrogens with one attached hydrogen (secondary N) is 2. The second-order valence-electron chi connectivity index (χ2n) is 2.52. The second kappa shape index (κ2) is 3.81. The van der Waals surface area contributed by atoms with Crippen LogP contribution in [0.2, 0.25) is 5.02 Å². The third-order valence-electron chi connectivity index (χ3n) is 1.52. The number of imidazole rings is 1. The number of anilines is 1. The minimum Gasteiger partial charge on any atom is -0.341 e. The second-order valence-corrected chi connectivity index (χ2v) is 3.87. The topological polar surface area (TPSA) is 57.8 Å². The standard InChI is InChI=1S/C8H6ClN3OS/c9-5-3-6(14-4-5)12-8(13)7-10-1-2-11-7/h1-4H,(H,10,11)(H,12,13). The first-order chi connectivity index (χ1) is 6.75. The number of nitrogens with zero attached hydrogens (tertiary/aromatic N) is 1. The number of aromatic nitrogens is 2. The summed E-state index contributed by atoms with van der Waals surface area (Å²) in [5.74, 6) is 0.0167. The van der Waals surface area contributed by atoms with Gasteiger partial charge >= 0.3 is 0 Å². The highest BCUT2D eigenvalue weighted by molar-refractivity contribution is 7.14. The van der Waals surface area contributed by atoms with Crippen LogP contribution in [0.3, 0.4) is 0 Å². The normalized spacial score (nSPS) is 10.1. The van der Waals surface area contributed by atoms with Crippen molar-refractivity contribution >= 4 is 33.8 Å². The van der Waals surface area contributed by atoms with Crippen molar-refractivity contribution < 1.29 is 4.79 Å². The van der Waals surface area contributed by atoms with Crippen LogP contribution in [0.1, 0.15) is 10.6 Å². The van der Waals surface area contributed by atoms with Gasteiger partial charge in [-0.3, -0.25) is 4.79 Å². The Bertz CT molecular complexity index is 437. The molecule has 72 valence electrons. The van der Waals surface area contributed by atoms with Crippen molar-refractivity contribution in [1.82, 2.24) is 9.97 Å². The molecule has 2 heterocycles. The maximum Gasteiger partial charge on any atom is 0.292 e. The van der Waals surface area contributed by atoms with Crippen LogP contribution in [0.25, 0.3) is 0 Å². The fourth-order valence-electron chi connectivity index (χ4n) is 0.939. The minimum atomic E-state index is -0.270. The van der Waals surface area contributed by atoms with Gasteiger partial charge in [0.25, 0.3) is 5.91 Å². The highest BCUT2D eigenvalue weighted by atomic mass is 35.5. The van der Waals surface area contributed by atoms with E-state index in [1.54, 1.807) is 17.6 Å². The van der Waals surface area contributed by atoms with Gasteiger partial charge < -0.3 is 10.3 Å². The van der Waals surface area contributed by atoms with Crippen LogP contribution in [-0.2, 0) is 0 Å². The van der Waals surface area contributed by atoms with Crippen LogP contribution < -0.4 is 5.32 Å². The molecule has 0 bridgehead atoms. The first-order valence-corrected chi connectivity index (χ1v) is 5.06. The summed E-state index contributed by atoms with van der Waals surface area (Å²) < 4.78 is 0. The molecular weight excluding hydrogens is 222 g/mol. The number of carbonyl (C=O) groups excluding carboxylic acids is 1. The van der Waals surface area contributed by atoms with E-state index < -0.39 is 0 Å². The third kappa shape index (κ3) is 1.94. The lowest BCUT2D eigenvalue weighted by atomic mass is 10.5. The highest BCUT2D eigenvalue weighted by Crippen LogP contribution is 2.24. The molecular formula is C8H6ClN3OS. The number of aromatic amines is 1. The number of thiophene rings is 1. The fourth-order valence-corrected chi connectivity index (χ4v) is 1.90. The fraction of sp³-hybridized carbons (Fsp3) is 0. The lowest BCUT2D eigenvalue weighted by Crippen LogP contribution is -2.12. The first-order valence-electron chi connectivity index (χ1n) is 3.80. The van der Waals surface area contributed by atoms with Crippen LogP contribution >= 0.6 is 22.9 Å². The molecule has 0 radical (unpaired) electrons. The van der Waals surface area contributed by atoms with Gasteiger partial charge in [-0.1, -0.05) is 11.6 Å². The minimum absolute atomic E-state index is 0.270. The average molecular weight is 228 g/mol. The van der Waals surface area contributed by atoms with Crippen molar-refractivity contribution in [3.8, 4) is 0 Å². The van der Waals surface area contributed by atoms with E-state index in [0.29, 0.717) is 10.0 Å². The van der Waals surface area contributed by atoms with Gasteiger partial charge in [-0.25, -0.2) is 4.98 Å². The van der Waals surface area contributed by atoms with E-state index in [-0.39, 0.29) is 11.7 Å². The SMILES string of the molecule is O=C(Nc1cc(Cl)cs1)c1ncc[nH]1. The number of H-pyrrole nitrogens is 1. The van der Waals surface area contributed by atoms with Crippen LogP contribution in [0, 0.1) is 0 Å². The molecule has 2 rings (SSSR count). The van der Waals surface area contributed by atoms with Crippen molar-refractivity contribution in [3.63, 3.8) is 0 Å². The summed E-state index contributed by atoms with van der Waals surface area (Å²) in [6.45, 7) is 0. The van der Waals surface area contributed by atoms with Crippen LogP contribution in [0.5, 0.6) is 0 Å². The van der Waals surface area contributed by atoms with Gasteiger partial charge in [-0.2, -0.15) is 0 Å². The summed E-state index contributed by atoms with van der Waals surface area (Å²) in [7, 11) is 0. The van der Waals surface area contributed by atoms with E-state index >= 15 is 0 Å². The smallest absolute Gasteiger partial charge is 0.292 e. The summed E-state index contributed by atoms with van der Waals surface area (Å²) >= 11 is 7.07. The van der Waals surface area contributed by atoms with Crippen molar-refractivity contribution in [3.05, 3.63) is 34.7 Å². The van der Waals surface area contributed by atoms with Crippen molar-refractivity contribution in [1.29, 1.82) is 0 Å². The molecule has 2 aromatic heterocycles. The molecule has 2 N–H and O–H groups in total. The average Bonchev–Trinajstić information content (AvgIpc) is 2.75. The lowest BCUT2D eigenvalue weighted by molar-refractivity contribution is 0.101. The number of hydrogen-bond donors (Lipinski definition) is 2. The lowest BCUT2D eigenvalue weighted by Gasteiger charge is -1.97. The zero-order chi connectivity index (χ0) is 9.97. The van der Waals surface area contributed by atoms with E-state index in [1.165, 1.54) is 17.5 Å². The van der Waals surface area contributed by atoms with Gasteiger partial charge in [-0.05, 0) is 6.07 Å². The van der Waals surface area contributed by atoms with Crippen LogP contribution in [-0.4, -0.2) is 15.9 Å². The van der Waals surface area contributed by atoms with Gasteiger partial charge in [0, 0.05) is 17.8 Å². The van der Waals surface area contributed by atoms with Crippen LogP contribution in [0.4, 0.5) is 5.00 Å². The molecule has 0 saturated heterocycles. The Hall–Kier alpha value is -1.33. The molecule has 0 atom stereocenters. The molecule has 0 aliphatic rings. The molecule has 2 aromatic rings. The molecule has 1 amide bonds. The molecule has 0 saturated carbocycles. The van der Waals surface area contributed by atoms with E-state index in [9.17, 15) is 4.79 Å². The molecule has 4 nitrogen and oxygen atoms in total. The number of halogens is 1. The third-order valence-corrected chi connectivity index (χ3v) is 2.71. The van der Waals surface area contributed by atoms with Gasteiger partial charge in [0.1, 0.15) is 0 Å². The van der Waals surface area contributed by atoms with Crippen LogP contribution in [0.15, 0.2) is 23.8 Å². The van der Waals surface area contributed by atoms with Gasteiger partial charge in [0.15, 0.2) is 5.82 Å². The summed E-state index contributed by atoms with van der Waals surface area (Å²) in [5.41, 5.74) is 0. The zero-order valence-electron chi connectivity index (χ0n) is 6.95. The van der Waals surface area contributed by atoms with Crippen molar-refractivity contribution in [2.75, 3.05) is 5.32 Å². The number of amides is 1. The number of carbonyl (C=O) groups is 1. The Morgan fingerprint density at radius 1 is 1.64 bits per heavy atom. The monoisotopic (exact) mass is 227 g/mol. The van der Waals surface area contributed by atoms with E-state index in [2.05, 4.69) is 15.3 Å². The Morgan fingerprint density at radius 3 is 3.07 bits per heavy atom. The van der Waals surface area contributed by atoms with E-state index in [4.69, 9.17) is 11.6 Å². The highest BCUT2D eigenvalue weighted by Gasteiger charge is 2.08. The van der Waals surface area contributed by atoms with Gasteiger partial charge in [0.05, 0.1) is 10.0 Å². The summed E-state index contributed by atoms with van der Waals surface area (Å²) in [5, 5.41) is 5.74. The Balaban J connectivity index is 2.09. The predicted molar refractivity (Wildman–Crippen MR) is 55.9 cm³/mol. The van der Waals surface area contributed by atoms with Gasteiger partial charge in [-0.15, -0.1) is 11.3 Å². The number of hydrogen-bond acceptors (Lipinski definition) is 3. The largest absolute Gasteiger partial charge is 0.341 e. The molecule has 14 heavy (non-hydrogen) atoms.